The molecule has 1 aliphatic rings. The van der Waals surface area contributed by atoms with E-state index in [1.807, 2.05) is 13.0 Å². The lowest BCUT2D eigenvalue weighted by Gasteiger charge is -2.22. The van der Waals surface area contributed by atoms with Crippen molar-refractivity contribution in [2.45, 2.75) is 45.3 Å². The van der Waals surface area contributed by atoms with E-state index in [1.165, 1.54) is 10.9 Å². The molecule has 26 heavy (non-hydrogen) atoms. The lowest BCUT2D eigenvalue weighted by Crippen LogP contribution is -2.31. The lowest BCUT2D eigenvalue weighted by atomic mass is 9.86. The summed E-state index contributed by atoms with van der Waals surface area (Å²) in [7, 11) is 1.67. The molecule has 0 spiro atoms. The number of aromatic nitrogens is 2. The zero-order chi connectivity index (χ0) is 18.1. The predicted molar refractivity (Wildman–Crippen MR) is 103 cm³/mol. The number of aromatic amines is 1. The highest BCUT2D eigenvalue weighted by Crippen LogP contribution is 2.36. The van der Waals surface area contributed by atoms with Gasteiger partial charge in [0.05, 0.1) is 24.8 Å². The smallest absolute Gasteiger partial charge is 0.229 e. The Balaban J connectivity index is 1.51. The van der Waals surface area contributed by atoms with E-state index in [-0.39, 0.29) is 11.8 Å². The van der Waals surface area contributed by atoms with Crippen LogP contribution in [0.3, 0.4) is 0 Å². The van der Waals surface area contributed by atoms with Crippen LogP contribution in [0.1, 0.15) is 45.6 Å². The van der Waals surface area contributed by atoms with Crippen molar-refractivity contribution in [1.29, 1.82) is 0 Å². The number of nitrogens with zero attached hydrogens (tertiary/aromatic N) is 1. The first kappa shape index (κ1) is 17.2. The third-order valence-electron chi connectivity index (χ3n) is 5.06. The Bertz CT molecular complexity index is 944. The highest BCUT2D eigenvalue weighted by molar-refractivity contribution is 7.11. The van der Waals surface area contributed by atoms with Gasteiger partial charge in [0.2, 0.25) is 5.91 Å². The van der Waals surface area contributed by atoms with Crippen molar-refractivity contribution in [3.05, 3.63) is 51.1 Å². The van der Waals surface area contributed by atoms with Crippen molar-refractivity contribution in [2.75, 3.05) is 7.11 Å². The lowest BCUT2D eigenvalue weighted by molar-refractivity contribution is -0.123. The fraction of sp³-hybridized carbons (Fsp3) is 0.400. The van der Waals surface area contributed by atoms with Gasteiger partial charge in [-0.05, 0) is 37.8 Å². The number of hydrogen-bond acceptors (Lipinski definition) is 4. The van der Waals surface area contributed by atoms with Gasteiger partial charge >= 0.3 is 0 Å². The SMILES string of the molecule is COCc1nc(C)c(CNC(=O)C2CCCc3c2[nH]c2ccccc32)s1. The summed E-state index contributed by atoms with van der Waals surface area (Å²) in [5.41, 5.74) is 4.50. The molecule has 0 aliphatic heterocycles. The number of para-hydroxylation sites is 1. The number of carbonyl (C=O) groups is 1. The minimum atomic E-state index is -0.0992. The van der Waals surface area contributed by atoms with Crippen LogP contribution in [-0.4, -0.2) is 23.0 Å². The molecule has 0 fully saturated rings. The number of benzene rings is 1. The summed E-state index contributed by atoms with van der Waals surface area (Å²) in [5.74, 6) is -0.00331. The largest absolute Gasteiger partial charge is 0.378 e. The third kappa shape index (κ3) is 3.15. The number of aryl methyl sites for hydroxylation is 2. The van der Waals surface area contributed by atoms with E-state index in [1.54, 1.807) is 18.4 Å². The first-order chi connectivity index (χ1) is 12.7. The van der Waals surface area contributed by atoms with E-state index >= 15 is 0 Å². The Labute approximate surface area is 156 Å². The molecule has 1 amide bonds. The fourth-order valence-corrected chi connectivity index (χ4v) is 4.79. The molecule has 2 heterocycles. The van der Waals surface area contributed by atoms with Crippen LogP contribution < -0.4 is 5.32 Å². The number of carbonyl (C=O) groups excluding carboxylic acids is 1. The molecular formula is C20H23N3O2S. The van der Waals surface area contributed by atoms with Crippen molar-refractivity contribution in [2.24, 2.45) is 0 Å². The van der Waals surface area contributed by atoms with Crippen LogP contribution in [0.5, 0.6) is 0 Å². The van der Waals surface area contributed by atoms with Gasteiger partial charge in [0, 0.05) is 28.6 Å². The van der Waals surface area contributed by atoms with E-state index < -0.39 is 0 Å². The van der Waals surface area contributed by atoms with Gasteiger partial charge in [0.15, 0.2) is 0 Å². The number of thiazole rings is 1. The van der Waals surface area contributed by atoms with Gasteiger partial charge in [-0.2, -0.15) is 0 Å². The molecule has 136 valence electrons. The van der Waals surface area contributed by atoms with Crippen LogP contribution in [-0.2, 0) is 29.1 Å². The van der Waals surface area contributed by atoms with Gasteiger partial charge in [0.1, 0.15) is 5.01 Å². The molecule has 4 rings (SSSR count). The van der Waals surface area contributed by atoms with Gasteiger partial charge in [-0.3, -0.25) is 4.79 Å². The summed E-state index contributed by atoms with van der Waals surface area (Å²) >= 11 is 1.60. The van der Waals surface area contributed by atoms with E-state index in [0.29, 0.717) is 13.2 Å². The monoisotopic (exact) mass is 369 g/mol. The van der Waals surface area contributed by atoms with Crippen molar-refractivity contribution < 1.29 is 9.53 Å². The molecule has 0 radical (unpaired) electrons. The van der Waals surface area contributed by atoms with Gasteiger partial charge in [-0.15, -0.1) is 11.3 Å². The molecule has 0 saturated heterocycles. The van der Waals surface area contributed by atoms with Crippen LogP contribution in [0.2, 0.25) is 0 Å². The van der Waals surface area contributed by atoms with Crippen LogP contribution in [0, 0.1) is 6.92 Å². The molecule has 1 aromatic carbocycles. The van der Waals surface area contributed by atoms with E-state index in [9.17, 15) is 4.79 Å². The molecule has 1 aliphatic carbocycles. The van der Waals surface area contributed by atoms with Crippen LogP contribution >= 0.6 is 11.3 Å². The highest BCUT2D eigenvalue weighted by atomic mass is 32.1. The summed E-state index contributed by atoms with van der Waals surface area (Å²) in [4.78, 5) is 22.0. The number of rotatable bonds is 5. The number of nitrogens with one attached hydrogen (secondary N) is 2. The average Bonchev–Trinajstić information content (AvgIpc) is 3.20. The molecule has 1 unspecified atom stereocenters. The summed E-state index contributed by atoms with van der Waals surface area (Å²) in [6.45, 7) is 3.02. The first-order valence-electron chi connectivity index (χ1n) is 8.98. The molecule has 1 atom stereocenters. The molecule has 0 saturated carbocycles. The maximum Gasteiger partial charge on any atom is 0.229 e. The zero-order valence-corrected chi connectivity index (χ0v) is 15.9. The molecule has 6 heteroatoms. The third-order valence-corrected chi connectivity index (χ3v) is 6.19. The van der Waals surface area contributed by atoms with Gasteiger partial charge in [-0.25, -0.2) is 4.98 Å². The van der Waals surface area contributed by atoms with Gasteiger partial charge < -0.3 is 15.0 Å². The zero-order valence-electron chi connectivity index (χ0n) is 15.1. The number of amides is 1. The minimum absolute atomic E-state index is 0.0959. The van der Waals surface area contributed by atoms with Crippen LogP contribution in [0.4, 0.5) is 0 Å². The second kappa shape index (κ2) is 7.21. The number of methoxy groups -OCH3 is 1. The van der Waals surface area contributed by atoms with Crippen LogP contribution in [0.25, 0.3) is 10.9 Å². The molecule has 3 aromatic rings. The molecule has 5 nitrogen and oxygen atoms in total. The fourth-order valence-electron chi connectivity index (χ4n) is 3.81. The van der Waals surface area contributed by atoms with Crippen LogP contribution in [0.15, 0.2) is 24.3 Å². The molecular weight excluding hydrogens is 346 g/mol. The summed E-state index contributed by atoms with van der Waals surface area (Å²) < 4.78 is 5.14. The predicted octanol–water partition coefficient (Wildman–Crippen LogP) is 3.82. The maximum atomic E-state index is 12.9. The Morgan fingerprint density at radius 2 is 2.27 bits per heavy atom. The van der Waals surface area contributed by atoms with Gasteiger partial charge in [0.25, 0.3) is 0 Å². The van der Waals surface area contributed by atoms with Gasteiger partial charge in [-0.1, -0.05) is 18.2 Å². The number of H-pyrrole nitrogens is 1. The Morgan fingerprint density at radius 3 is 3.12 bits per heavy atom. The highest BCUT2D eigenvalue weighted by Gasteiger charge is 2.29. The standard InChI is InChI=1S/C20H23N3O2S/c1-12-17(26-18(22-12)11-25-2)10-21-20(24)15-8-5-7-14-13-6-3-4-9-16(13)23-19(14)15/h3-4,6,9,15,23H,5,7-8,10-11H2,1-2H3,(H,21,24). The summed E-state index contributed by atoms with van der Waals surface area (Å²) in [5, 5.41) is 5.32. The van der Waals surface area contributed by atoms with Crippen molar-refractivity contribution in [3.8, 4) is 0 Å². The van der Waals surface area contributed by atoms with Crippen molar-refractivity contribution in [3.63, 3.8) is 0 Å². The van der Waals surface area contributed by atoms with E-state index in [4.69, 9.17) is 4.74 Å². The number of hydrogen-bond donors (Lipinski definition) is 2. The van der Waals surface area contributed by atoms with E-state index in [2.05, 4.69) is 33.5 Å². The van der Waals surface area contributed by atoms with Crippen molar-refractivity contribution >= 4 is 28.1 Å². The second-order valence-corrected chi connectivity index (χ2v) is 7.94. The molecule has 0 bridgehead atoms. The number of fused-ring (bicyclic) bond motifs is 3. The normalized spacial score (nSPS) is 16.6. The summed E-state index contributed by atoms with van der Waals surface area (Å²) in [6, 6.07) is 8.32. The molecule has 2 aromatic heterocycles. The van der Waals surface area contributed by atoms with E-state index in [0.717, 1.165) is 46.1 Å². The maximum absolute atomic E-state index is 12.9. The Morgan fingerprint density at radius 1 is 1.42 bits per heavy atom. The Hall–Kier alpha value is -2.18. The topological polar surface area (TPSA) is 67.0 Å². The summed E-state index contributed by atoms with van der Waals surface area (Å²) in [6.07, 6.45) is 2.98. The second-order valence-electron chi connectivity index (χ2n) is 6.77. The minimum Gasteiger partial charge on any atom is -0.378 e. The quantitative estimate of drug-likeness (QED) is 0.718. The molecule has 2 N–H and O–H groups in total. The number of ether oxygens (including phenoxy) is 1. The average molecular weight is 369 g/mol. The first-order valence-corrected chi connectivity index (χ1v) is 9.80. The Kier molecular flexibility index (Phi) is 4.78. The van der Waals surface area contributed by atoms with Crippen molar-refractivity contribution in [1.82, 2.24) is 15.3 Å².